The molecule has 0 fully saturated rings. The summed E-state index contributed by atoms with van der Waals surface area (Å²) in [6.45, 7) is 2.22. The maximum atomic E-state index is 12.8. The Kier molecular flexibility index (Phi) is 6.33. The zero-order valence-corrected chi connectivity index (χ0v) is 13.1. The average molecular weight is 323 g/mol. The monoisotopic (exact) mass is 323 g/mol. The Labute approximate surface area is 133 Å². The summed E-state index contributed by atoms with van der Waals surface area (Å²) in [5, 5.41) is 2.80. The molecular formula is C16H18FNO3S. The van der Waals surface area contributed by atoms with Crippen LogP contribution in [-0.2, 0) is 10.5 Å². The molecule has 1 atom stereocenters. The number of rotatable bonds is 8. The van der Waals surface area contributed by atoms with Crippen LogP contribution in [0.4, 0.5) is 4.39 Å². The van der Waals surface area contributed by atoms with Crippen LogP contribution in [0.2, 0.25) is 0 Å². The van der Waals surface area contributed by atoms with Gasteiger partial charge in [0.25, 0.3) is 5.91 Å². The van der Waals surface area contributed by atoms with E-state index in [4.69, 9.17) is 9.15 Å². The van der Waals surface area contributed by atoms with Gasteiger partial charge in [-0.25, -0.2) is 4.39 Å². The predicted octanol–water partition coefficient (Wildman–Crippen LogP) is 3.24. The van der Waals surface area contributed by atoms with Gasteiger partial charge in [0, 0.05) is 12.3 Å². The van der Waals surface area contributed by atoms with E-state index in [2.05, 4.69) is 5.32 Å². The van der Waals surface area contributed by atoms with Crippen LogP contribution in [0.25, 0.3) is 0 Å². The van der Waals surface area contributed by atoms with E-state index in [1.54, 1.807) is 24.9 Å². The number of furan rings is 1. The van der Waals surface area contributed by atoms with Gasteiger partial charge >= 0.3 is 0 Å². The van der Waals surface area contributed by atoms with Crippen molar-refractivity contribution in [2.75, 3.05) is 12.3 Å². The number of halogens is 1. The molecule has 0 saturated carbocycles. The second-order valence-electron chi connectivity index (χ2n) is 4.64. The molecule has 1 heterocycles. The molecule has 1 N–H and O–H groups in total. The van der Waals surface area contributed by atoms with E-state index in [1.807, 2.05) is 12.1 Å². The number of benzene rings is 1. The third kappa shape index (κ3) is 5.44. The maximum Gasteiger partial charge on any atom is 0.260 e. The zero-order chi connectivity index (χ0) is 15.8. The van der Waals surface area contributed by atoms with Crippen LogP contribution >= 0.6 is 11.8 Å². The lowest BCUT2D eigenvalue weighted by Gasteiger charge is -2.14. The fourth-order valence-electron chi connectivity index (χ4n) is 1.73. The third-order valence-corrected chi connectivity index (χ3v) is 3.85. The van der Waals surface area contributed by atoms with Crippen molar-refractivity contribution in [3.8, 4) is 5.75 Å². The minimum Gasteiger partial charge on any atom is -0.481 e. The fraction of sp³-hybridized carbons (Fsp3) is 0.312. The van der Waals surface area contributed by atoms with Crippen molar-refractivity contribution in [1.29, 1.82) is 0 Å². The van der Waals surface area contributed by atoms with Crippen molar-refractivity contribution in [2.45, 2.75) is 18.8 Å². The highest BCUT2D eigenvalue weighted by Crippen LogP contribution is 2.13. The van der Waals surface area contributed by atoms with Crippen molar-refractivity contribution in [2.24, 2.45) is 0 Å². The average Bonchev–Trinajstić information content (AvgIpc) is 3.02. The van der Waals surface area contributed by atoms with Gasteiger partial charge in [0.1, 0.15) is 17.3 Å². The molecule has 2 aromatic rings. The predicted molar refractivity (Wildman–Crippen MR) is 84.4 cm³/mol. The number of hydrogen-bond donors (Lipinski definition) is 1. The molecule has 1 aromatic heterocycles. The Hall–Kier alpha value is -1.95. The van der Waals surface area contributed by atoms with Gasteiger partial charge in [-0.2, -0.15) is 11.8 Å². The molecule has 22 heavy (non-hydrogen) atoms. The van der Waals surface area contributed by atoms with Gasteiger partial charge in [0.15, 0.2) is 6.10 Å². The first kappa shape index (κ1) is 16.4. The first-order valence-corrected chi connectivity index (χ1v) is 8.10. The molecule has 0 aliphatic heterocycles. The van der Waals surface area contributed by atoms with Crippen LogP contribution in [0.3, 0.4) is 0 Å². The number of nitrogens with one attached hydrogen (secondary N) is 1. The number of thioether (sulfide) groups is 1. The Morgan fingerprint density at radius 2 is 2.14 bits per heavy atom. The Morgan fingerprint density at radius 1 is 1.36 bits per heavy atom. The van der Waals surface area contributed by atoms with Crippen molar-refractivity contribution in [1.82, 2.24) is 5.32 Å². The number of hydrogen-bond acceptors (Lipinski definition) is 4. The molecule has 0 aliphatic carbocycles. The van der Waals surface area contributed by atoms with Gasteiger partial charge in [-0.15, -0.1) is 0 Å². The summed E-state index contributed by atoms with van der Waals surface area (Å²) >= 11 is 1.68. The van der Waals surface area contributed by atoms with E-state index in [0.717, 1.165) is 17.3 Å². The molecule has 118 valence electrons. The van der Waals surface area contributed by atoms with Crippen LogP contribution in [0, 0.1) is 5.82 Å². The lowest BCUT2D eigenvalue weighted by Crippen LogP contribution is -2.37. The van der Waals surface area contributed by atoms with Crippen molar-refractivity contribution in [3.05, 3.63) is 54.2 Å². The SMILES string of the molecule is C[C@@H](Oc1ccc(F)cc1)C(=O)NCCSCc1ccco1. The second-order valence-corrected chi connectivity index (χ2v) is 5.74. The first-order valence-electron chi connectivity index (χ1n) is 6.95. The summed E-state index contributed by atoms with van der Waals surface area (Å²) in [6, 6.07) is 9.36. The first-order chi connectivity index (χ1) is 10.6. The summed E-state index contributed by atoms with van der Waals surface area (Å²) in [5.74, 6) is 2.43. The molecule has 0 unspecified atom stereocenters. The summed E-state index contributed by atoms with van der Waals surface area (Å²) in [5.41, 5.74) is 0. The molecule has 0 spiro atoms. The summed E-state index contributed by atoms with van der Waals surface area (Å²) in [6.07, 6.45) is 1.02. The molecule has 2 rings (SSSR count). The standard InChI is InChI=1S/C16H18FNO3S/c1-12(21-14-6-4-13(17)5-7-14)16(19)18-8-10-22-11-15-3-2-9-20-15/h2-7,9,12H,8,10-11H2,1H3,(H,18,19)/t12-/m1/s1. The highest BCUT2D eigenvalue weighted by molar-refractivity contribution is 7.98. The minimum atomic E-state index is -0.625. The van der Waals surface area contributed by atoms with Gasteiger partial charge in [-0.05, 0) is 43.3 Å². The van der Waals surface area contributed by atoms with E-state index >= 15 is 0 Å². The molecule has 0 aliphatic rings. The van der Waals surface area contributed by atoms with E-state index in [1.165, 1.54) is 24.3 Å². The minimum absolute atomic E-state index is 0.192. The summed E-state index contributed by atoms with van der Waals surface area (Å²) in [4.78, 5) is 11.9. The highest BCUT2D eigenvalue weighted by atomic mass is 32.2. The van der Waals surface area contributed by atoms with Crippen molar-refractivity contribution in [3.63, 3.8) is 0 Å². The number of amides is 1. The van der Waals surface area contributed by atoms with Crippen LogP contribution in [0.15, 0.2) is 47.1 Å². The largest absolute Gasteiger partial charge is 0.481 e. The quantitative estimate of drug-likeness (QED) is 0.758. The van der Waals surface area contributed by atoms with Gasteiger partial charge in [-0.1, -0.05) is 0 Å². The third-order valence-electron chi connectivity index (χ3n) is 2.87. The molecule has 4 nitrogen and oxygen atoms in total. The van der Waals surface area contributed by atoms with Gasteiger partial charge in [0.2, 0.25) is 0 Å². The lowest BCUT2D eigenvalue weighted by molar-refractivity contribution is -0.127. The number of ether oxygens (including phenoxy) is 1. The van der Waals surface area contributed by atoms with Crippen LogP contribution in [-0.4, -0.2) is 24.3 Å². The van der Waals surface area contributed by atoms with Crippen LogP contribution < -0.4 is 10.1 Å². The smallest absolute Gasteiger partial charge is 0.260 e. The molecular weight excluding hydrogens is 305 g/mol. The number of carbonyl (C=O) groups is 1. The van der Waals surface area contributed by atoms with Gasteiger partial charge < -0.3 is 14.5 Å². The zero-order valence-electron chi connectivity index (χ0n) is 12.3. The summed E-state index contributed by atoms with van der Waals surface area (Å²) in [7, 11) is 0. The highest BCUT2D eigenvalue weighted by Gasteiger charge is 2.13. The molecule has 0 bridgehead atoms. The van der Waals surface area contributed by atoms with E-state index in [-0.39, 0.29) is 11.7 Å². The molecule has 1 amide bonds. The van der Waals surface area contributed by atoms with Gasteiger partial charge in [-0.3, -0.25) is 4.79 Å². The molecule has 0 saturated heterocycles. The van der Waals surface area contributed by atoms with Crippen molar-refractivity contribution >= 4 is 17.7 Å². The molecule has 0 radical (unpaired) electrons. The van der Waals surface area contributed by atoms with Crippen LogP contribution in [0.1, 0.15) is 12.7 Å². The topological polar surface area (TPSA) is 51.5 Å². The number of carbonyl (C=O) groups excluding carboxylic acids is 1. The Bertz CT molecular complexity index is 572. The van der Waals surface area contributed by atoms with E-state index < -0.39 is 6.10 Å². The molecule has 6 heteroatoms. The van der Waals surface area contributed by atoms with Gasteiger partial charge in [0.05, 0.1) is 12.0 Å². The molecule has 1 aromatic carbocycles. The lowest BCUT2D eigenvalue weighted by atomic mass is 10.3. The van der Waals surface area contributed by atoms with Crippen molar-refractivity contribution < 1.29 is 18.3 Å². The summed E-state index contributed by atoms with van der Waals surface area (Å²) < 4.78 is 23.4. The second kappa shape index (κ2) is 8.48. The van der Waals surface area contributed by atoms with Crippen LogP contribution in [0.5, 0.6) is 5.75 Å². The Balaban J connectivity index is 1.62. The maximum absolute atomic E-state index is 12.8. The Morgan fingerprint density at radius 3 is 2.82 bits per heavy atom. The van der Waals surface area contributed by atoms with E-state index in [0.29, 0.717) is 12.3 Å². The fourth-order valence-corrected chi connectivity index (χ4v) is 2.48. The van der Waals surface area contributed by atoms with E-state index in [9.17, 15) is 9.18 Å². The normalized spacial score (nSPS) is 11.9.